The standard InChI is InChI=1S/C16H23NO6S/c1-12(2)10-24(21,22)11-15(18)17-13-5-7-14(8-6-13)23-9-3-4-16(19)20/h5-8,12H,3-4,9-11H2,1-2H3,(H,17,18)(H,19,20). The topological polar surface area (TPSA) is 110 Å². The Hall–Kier alpha value is -2.09. The van der Waals surface area contributed by atoms with Crippen molar-refractivity contribution in [3.05, 3.63) is 24.3 Å². The fourth-order valence-electron chi connectivity index (χ4n) is 2.01. The van der Waals surface area contributed by atoms with Crippen molar-refractivity contribution in [2.75, 3.05) is 23.4 Å². The van der Waals surface area contributed by atoms with Gasteiger partial charge in [-0.2, -0.15) is 0 Å². The van der Waals surface area contributed by atoms with Gasteiger partial charge in [-0.1, -0.05) is 13.8 Å². The highest BCUT2D eigenvalue weighted by molar-refractivity contribution is 7.92. The summed E-state index contributed by atoms with van der Waals surface area (Å²) in [5.41, 5.74) is 0.470. The second kappa shape index (κ2) is 9.27. The summed E-state index contributed by atoms with van der Waals surface area (Å²) in [6.07, 6.45) is 0.445. The molecule has 0 saturated carbocycles. The van der Waals surface area contributed by atoms with E-state index in [1.54, 1.807) is 38.1 Å². The normalized spacial score (nSPS) is 11.3. The molecule has 0 aliphatic rings. The molecule has 0 heterocycles. The Kier molecular flexibility index (Phi) is 7.70. The Morgan fingerprint density at radius 1 is 1.21 bits per heavy atom. The van der Waals surface area contributed by atoms with E-state index in [0.29, 0.717) is 17.9 Å². The van der Waals surface area contributed by atoms with Crippen LogP contribution in [0.25, 0.3) is 0 Å². The van der Waals surface area contributed by atoms with Crippen LogP contribution in [0.2, 0.25) is 0 Å². The van der Waals surface area contributed by atoms with Crippen LogP contribution < -0.4 is 10.1 Å². The maximum Gasteiger partial charge on any atom is 0.303 e. The predicted octanol–water partition coefficient (Wildman–Crippen LogP) is 1.94. The number of amides is 1. The molecule has 0 unspecified atom stereocenters. The molecule has 0 bridgehead atoms. The Balaban J connectivity index is 2.46. The fourth-order valence-corrected chi connectivity index (χ4v) is 3.62. The molecule has 1 rings (SSSR count). The number of ether oxygens (including phenoxy) is 1. The van der Waals surface area contributed by atoms with E-state index in [4.69, 9.17) is 9.84 Å². The third kappa shape index (κ3) is 8.52. The molecule has 8 heteroatoms. The largest absolute Gasteiger partial charge is 0.494 e. The smallest absolute Gasteiger partial charge is 0.303 e. The molecule has 1 aromatic rings. The van der Waals surface area contributed by atoms with Gasteiger partial charge in [-0.3, -0.25) is 9.59 Å². The molecule has 1 aromatic carbocycles. The van der Waals surface area contributed by atoms with E-state index in [9.17, 15) is 18.0 Å². The molecule has 0 spiro atoms. The van der Waals surface area contributed by atoms with Gasteiger partial charge in [0.25, 0.3) is 0 Å². The first-order valence-electron chi connectivity index (χ1n) is 7.63. The number of hydrogen-bond donors (Lipinski definition) is 2. The van der Waals surface area contributed by atoms with Gasteiger partial charge in [0.2, 0.25) is 5.91 Å². The first-order chi connectivity index (χ1) is 11.2. The van der Waals surface area contributed by atoms with Crippen molar-refractivity contribution in [1.82, 2.24) is 0 Å². The average Bonchev–Trinajstić information content (AvgIpc) is 2.42. The zero-order chi connectivity index (χ0) is 18.2. The molecule has 0 aliphatic carbocycles. The molecule has 0 aromatic heterocycles. The lowest BCUT2D eigenvalue weighted by Crippen LogP contribution is -2.26. The van der Waals surface area contributed by atoms with Gasteiger partial charge in [-0.15, -0.1) is 0 Å². The third-order valence-electron chi connectivity index (χ3n) is 2.88. The van der Waals surface area contributed by atoms with Gasteiger partial charge in [-0.05, 0) is 36.6 Å². The molecule has 2 N–H and O–H groups in total. The van der Waals surface area contributed by atoms with Crippen molar-refractivity contribution in [1.29, 1.82) is 0 Å². The van der Waals surface area contributed by atoms with E-state index in [0.717, 1.165) is 0 Å². The van der Waals surface area contributed by atoms with Crippen LogP contribution in [-0.4, -0.2) is 43.5 Å². The van der Waals surface area contributed by atoms with Crippen LogP contribution in [0, 0.1) is 5.92 Å². The minimum atomic E-state index is -3.42. The number of anilines is 1. The van der Waals surface area contributed by atoms with Crippen molar-refractivity contribution in [3.63, 3.8) is 0 Å². The van der Waals surface area contributed by atoms with Gasteiger partial charge in [0.1, 0.15) is 11.5 Å². The number of sulfone groups is 1. The van der Waals surface area contributed by atoms with Crippen LogP contribution in [0.1, 0.15) is 26.7 Å². The van der Waals surface area contributed by atoms with Gasteiger partial charge in [0.05, 0.1) is 12.4 Å². The van der Waals surface area contributed by atoms with E-state index in [2.05, 4.69) is 5.32 Å². The van der Waals surface area contributed by atoms with Crippen LogP contribution in [0.5, 0.6) is 5.75 Å². The van der Waals surface area contributed by atoms with Gasteiger partial charge in [-0.25, -0.2) is 8.42 Å². The number of carboxylic acids is 1. The van der Waals surface area contributed by atoms with E-state index < -0.39 is 27.5 Å². The number of carbonyl (C=O) groups excluding carboxylic acids is 1. The number of carbonyl (C=O) groups is 2. The summed E-state index contributed by atoms with van der Waals surface area (Å²) in [4.78, 5) is 22.2. The summed E-state index contributed by atoms with van der Waals surface area (Å²) in [6.45, 7) is 3.85. The molecule has 0 aliphatic heterocycles. The fraction of sp³-hybridized carbons (Fsp3) is 0.500. The van der Waals surface area contributed by atoms with Crippen LogP contribution in [0.15, 0.2) is 24.3 Å². The Morgan fingerprint density at radius 3 is 2.38 bits per heavy atom. The van der Waals surface area contributed by atoms with Crippen LogP contribution in [0.4, 0.5) is 5.69 Å². The van der Waals surface area contributed by atoms with E-state index in [1.165, 1.54) is 0 Å². The lowest BCUT2D eigenvalue weighted by molar-refractivity contribution is -0.137. The molecule has 0 atom stereocenters. The lowest BCUT2D eigenvalue weighted by atomic mass is 10.3. The summed E-state index contributed by atoms with van der Waals surface area (Å²) in [5.74, 6) is -1.50. The monoisotopic (exact) mass is 357 g/mol. The summed E-state index contributed by atoms with van der Waals surface area (Å²) in [6, 6.07) is 6.44. The zero-order valence-corrected chi connectivity index (χ0v) is 14.6. The second-order valence-corrected chi connectivity index (χ2v) is 7.98. The summed E-state index contributed by atoms with van der Waals surface area (Å²) in [7, 11) is -3.42. The van der Waals surface area contributed by atoms with Crippen LogP contribution in [-0.2, 0) is 19.4 Å². The Morgan fingerprint density at radius 2 is 1.83 bits per heavy atom. The first kappa shape index (κ1) is 20.0. The van der Waals surface area contributed by atoms with Crippen molar-refractivity contribution in [2.24, 2.45) is 5.92 Å². The van der Waals surface area contributed by atoms with E-state index >= 15 is 0 Å². The highest BCUT2D eigenvalue weighted by Crippen LogP contribution is 2.16. The second-order valence-electron chi connectivity index (χ2n) is 5.87. The predicted molar refractivity (Wildman–Crippen MR) is 90.9 cm³/mol. The third-order valence-corrected chi connectivity index (χ3v) is 4.76. The molecule has 0 fully saturated rings. The molecular formula is C16H23NO6S. The highest BCUT2D eigenvalue weighted by Gasteiger charge is 2.18. The summed E-state index contributed by atoms with van der Waals surface area (Å²) >= 11 is 0. The van der Waals surface area contributed by atoms with Crippen molar-refractivity contribution >= 4 is 27.4 Å². The number of nitrogens with one attached hydrogen (secondary N) is 1. The SMILES string of the molecule is CC(C)CS(=O)(=O)CC(=O)Nc1ccc(OCCCC(=O)O)cc1. The maximum absolute atomic E-state index is 11.8. The molecule has 7 nitrogen and oxygen atoms in total. The summed E-state index contributed by atoms with van der Waals surface area (Å²) < 4.78 is 28.9. The quantitative estimate of drug-likeness (QED) is 0.619. The number of carboxylic acid groups (broad SMARTS) is 1. The van der Waals surface area contributed by atoms with E-state index in [1.807, 2.05) is 0 Å². The van der Waals surface area contributed by atoms with Crippen LogP contribution in [0.3, 0.4) is 0 Å². The van der Waals surface area contributed by atoms with Crippen molar-refractivity contribution in [3.8, 4) is 5.75 Å². The van der Waals surface area contributed by atoms with Crippen molar-refractivity contribution < 1.29 is 27.9 Å². The van der Waals surface area contributed by atoms with Gasteiger partial charge < -0.3 is 15.2 Å². The number of rotatable bonds is 10. The molecule has 0 saturated heterocycles. The Labute approximate surface area is 141 Å². The zero-order valence-electron chi connectivity index (χ0n) is 13.8. The number of benzene rings is 1. The summed E-state index contributed by atoms with van der Waals surface area (Å²) in [5, 5.41) is 11.1. The van der Waals surface area contributed by atoms with Crippen LogP contribution >= 0.6 is 0 Å². The van der Waals surface area contributed by atoms with Gasteiger partial charge in [0.15, 0.2) is 9.84 Å². The Bertz CT molecular complexity index is 652. The lowest BCUT2D eigenvalue weighted by Gasteiger charge is -2.09. The molecule has 0 radical (unpaired) electrons. The van der Waals surface area contributed by atoms with Crippen molar-refractivity contribution in [2.45, 2.75) is 26.7 Å². The minimum absolute atomic E-state index is 0.0243. The highest BCUT2D eigenvalue weighted by atomic mass is 32.2. The number of aliphatic carboxylic acids is 1. The van der Waals surface area contributed by atoms with Gasteiger partial charge in [0, 0.05) is 12.1 Å². The molecule has 24 heavy (non-hydrogen) atoms. The first-order valence-corrected chi connectivity index (χ1v) is 9.45. The average molecular weight is 357 g/mol. The number of hydrogen-bond acceptors (Lipinski definition) is 5. The molecular weight excluding hydrogens is 334 g/mol. The maximum atomic E-state index is 11.8. The molecule has 1 amide bonds. The van der Waals surface area contributed by atoms with Gasteiger partial charge >= 0.3 is 5.97 Å². The van der Waals surface area contributed by atoms with E-state index in [-0.39, 0.29) is 24.7 Å². The molecule has 134 valence electrons. The minimum Gasteiger partial charge on any atom is -0.494 e.